The van der Waals surface area contributed by atoms with Gasteiger partial charge in [0, 0.05) is 0 Å². The molecule has 33 heavy (non-hydrogen) atoms. The first kappa shape index (κ1) is 30.0. The van der Waals surface area contributed by atoms with Crippen LogP contribution < -0.4 is 0 Å². The van der Waals surface area contributed by atoms with Gasteiger partial charge in [-0.25, -0.2) is 9.59 Å². The van der Waals surface area contributed by atoms with Gasteiger partial charge in [0.2, 0.25) is 12.2 Å². The number of carbonyl (C=O) groups excluding carboxylic acids is 2. The minimum absolute atomic E-state index is 0. The van der Waals surface area contributed by atoms with E-state index in [1.165, 1.54) is 12.2 Å². The molecule has 4 rings (SSSR count). The van der Waals surface area contributed by atoms with Crippen LogP contribution in [0.1, 0.15) is 18.1 Å². The summed E-state index contributed by atoms with van der Waals surface area (Å²) in [5, 5.41) is 24.0. The number of aliphatic imine (C=N–C) groups is 2. The molecule has 0 spiro atoms. The van der Waals surface area contributed by atoms with Gasteiger partial charge < -0.3 is 30.3 Å². The zero-order valence-electron chi connectivity index (χ0n) is 18.4. The van der Waals surface area contributed by atoms with E-state index in [0.29, 0.717) is 17.5 Å². The summed E-state index contributed by atoms with van der Waals surface area (Å²) in [6.07, 6.45) is 3.40. The van der Waals surface area contributed by atoms with Gasteiger partial charge in [0.25, 0.3) is 0 Å². The maximum absolute atomic E-state index is 10.1. The molecule has 0 bridgehead atoms. The molecule has 0 aliphatic carbocycles. The number of aliphatic hydroxyl groups excluding tert-OH is 3. The fraction of sp³-hybridized carbons (Fsp3) is 0.391. The van der Waals surface area contributed by atoms with Crippen molar-refractivity contribution in [3.8, 4) is 0 Å². The number of nitrogens with zero attached hydrogens (tertiary/aromatic N) is 2. The maximum Gasteiger partial charge on any atom is 0.240 e. The SMILES string of the molecule is C1CO1.CC1CO1.O.O=C=Nc1ccc(Cc2ccc(N=C=O)cc2)cc1.OCC(O)CO. The highest BCUT2D eigenvalue weighted by molar-refractivity contribution is 5.51. The Morgan fingerprint density at radius 1 is 0.909 bits per heavy atom. The van der Waals surface area contributed by atoms with Crippen molar-refractivity contribution in [3.63, 3.8) is 0 Å². The van der Waals surface area contributed by atoms with Crippen LogP contribution in [-0.4, -0.2) is 78.2 Å². The Balaban J connectivity index is 0.000000593. The summed E-state index contributed by atoms with van der Waals surface area (Å²) < 4.78 is 9.21. The highest BCUT2D eigenvalue weighted by atomic mass is 16.6. The average molecular weight is 462 g/mol. The quantitative estimate of drug-likeness (QED) is 0.327. The van der Waals surface area contributed by atoms with Gasteiger partial charge >= 0.3 is 0 Å². The van der Waals surface area contributed by atoms with Crippen molar-refractivity contribution in [2.24, 2.45) is 9.98 Å². The first-order chi connectivity index (χ1) is 15.5. The standard InChI is InChI=1S/C15H10N2O2.C3H8O3.C3H6O.C2H4O.H2O/c18-10-16-14-5-1-12(2-6-14)9-13-3-7-15(8-4-13)17-11-19;4-1-3(6)2-5;1-3-2-4-3;1-2-3-1;/h1-8H,9H2;3-6H,1-2H2;3H,2H2,1H3;1-2H2;1H2. The molecule has 0 saturated carbocycles. The summed E-state index contributed by atoms with van der Waals surface area (Å²) in [5.74, 6) is 0. The van der Waals surface area contributed by atoms with Crippen LogP contribution in [0.5, 0.6) is 0 Å². The smallest absolute Gasteiger partial charge is 0.240 e. The van der Waals surface area contributed by atoms with Crippen molar-refractivity contribution in [1.29, 1.82) is 0 Å². The number of hydrogen-bond acceptors (Lipinski definition) is 9. The topological polar surface area (TPSA) is 176 Å². The summed E-state index contributed by atoms with van der Waals surface area (Å²) in [5.41, 5.74) is 3.40. The molecule has 2 aromatic rings. The van der Waals surface area contributed by atoms with E-state index in [1.807, 2.05) is 24.3 Å². The van der Waals surface area contributed by atoms with Gasteiger partial charge in [0.1, 0.15) is 6.10 Å². The van der Waals surface area contributed by atoms with Gasteiger partial charge in [-0.2, -0.15) is 9.98 Å². The Kier molecular flexibility index (Phi) is 16.8. The van der Waals surface area contributed by atoms with Crippen molar-refractivity contribution in [2.75, 3.05) is 33.0 Å². The van der Waals surface area contributed by atoms with E-state index in [0.717, 1.165) is 37.4 Å². The van der Waals surface area contributed by atoms with Crippen molar-refractivity contribution in [2.45, 2.75) is 25.6 Å². The largest absolute Gasteiger partial charge is 0.412 e. The Labute approximate surface area is 192 Å². The molecule has 2 aromatic carbocycles. The summed E-state index contributed by atoms with van der Waals surface area (Å²) in [6, 6.07) is 14.7. The number of hydrogen-bond donors (Lipinski definition) is 3. The Morgan fingerprint density at radius 2 is 1.24 bits per heavy atom. The van der Waals surface area contributed by atoms with E-state index >= 15 is 0 Å². The first-order valence-corrected chi connectivity index (χ1v) is 9.95. The van der Waals surface area contributed by atoms with Gasteiger partial charge in [-0.15, -0.1) is 0 Å². The lowest BCUT2D eigenvalue weighted by Gasteiger charge is -2.02. The minimum Gasteiger partial charge on any atom is -0.412 e. The highest BCUT2D eigenvalue weighted by Gasteiger charge is 2.13. The second-order valence-corrected chi connectivity index (χ2v) is 6.69. The van der Waals surface area contributed by atoms with Gasteiger partial charge in [-0.05, 0) is 48.7 Å². The van der Waals surface area contributed by atoms with Crippen LogP contribution in [0.2, 0.25) is 0 Å². The number of epoxide rings is 2. The molecule has 2 saturated heterocycles. The third kappa shape index (κ3) is 17.2. The molecule has 180 valence electrons. The second kappa shape index (κ2) is 18.5. The van der Waals surface area contributed by atoms with Crippen LogP contribution in [0.15, 0.2) is 58.5 Å². The summed E-state index contributed by atoms with van der Waals surface area (Å²) in [4.78, 5) is 27.3. The van der Waals surface area contributed by atoms with Crippen LogP contribution in [0.25, 0.3) is 0 Å². The molecule has 1 atom stereocenters. The number of ether oxygens (including phenoxy) is 2. The predicted octanol–water partition coefficient (Wildman–Crippen LogP) is 1.14. The van der Waals surface area contributed by atoms with Crippen LogP contribution in [-0.2, 0) is 25.5 Å². The first-order valence-electron chi connectivity index (χ1n) is 9.95. The molecule has 0 radical (unpaired) electrons. The summed E-state index contributed by atoms with van der Waals surface area (Å²) in [6.45, 7) is 4.31. The summed E-state index contributed by atoms with van der Waals surface area (Å²) >= 11 is 0. The van der Waals surface area contributed by atoms with Crippen molar-refractivity contribution in [3.05, 3.63) is 59.7 Å². The Hall–Kier alpha value is -3.04. The molecule has 5 N–H and O–H groups in total. The van der Waals surface area contributed by atoms with Crippen LogP contribution in [0, 0.1) is 0 Å². The molecule has 2 heterocycles. The number of aliphatic hydroxyl groups is 3. The fourth-order valence-electron chi connectivity index (χ4n) is 1.87. The van der Waals surface area contributed by atoms with E-state index in [2.05, 4.69) is 21.6 Å². The van der Waals surface area contributed by atoms with E-state index in [-0.39, 0.29) is 18.7 Å². The molecular formula is C23H30N2O8. The molecule has 10 nitrogen and oxygen atoms in total. The van der Waals surface area contributed by atoms with Crippen molar-refractivity contribution < 1.29 is 39.9 Å². The Morgan fingerprint density at radius 3 is 1.42 bits per heavy atom. The van der Waals surface area contributed by atoms with Crippen LogP contribution in [0.3, 0.4) is 0 Å². The van der Waals surface area contributed by atoms with Crippen molar-refractivity contribution >= 4 is 23.5 Å². The molecular weight excluding hydrogens is 432 g/mol. The fourth-order valence-corrected chi connectivity index (χ4v) is 1.87. The molecule has 2 fully saturated rings. The zero-order chi connectivity index (χ0) is 23.6. The lowest BCUT2D eigenvalue weighted by molar-refractivity contribution is 0.0450. The number of rotatable bonds is 6. The van der Waals surface area contributed by atoms with E-state index in [1.54, 1.807) is 24.3 Å². The second-order valence-electron chi connectivity index (χ2n) is 6.69. The zero-order valence-corrected chi connectivity index (χ0v) is 18.4. The predicted molar refractivity (Wildman–Crippen MR) is 121 cm³/mol. The molecule has 0 amide bonds. The van der Waals surface area contributed by atoms with E-state index in [4.69, 9.17) is 20.1 Å². The van der Waals surface area contributed by atoms with Gasteiger partial charge in [-0.3, -0.25) is 0 Å². The molecule has 10 heteroatoms. The molecule has 2 aliphatic heterocycles. The van der Waals surface area contributed by atoms with Crippen LogP contribution >= 0.6 is 0 Å². The molecule has 2 aliphatic rings. The lowest BCUT2D eigenvalue weighted by Crippen LogP contribution is -2.15. The van der Waals surface area contributed by atoms with Gasteiger partial charge in [-0.1, -0.05) is 24.3 Å². The average Bonchev–Trinajstić information content (AvgIpc) is 3.73. The Bertz CT molecular complexity index is 789. The lowest BCUT2D eigenvalue weighted by atomic mass is 10.0. The molecule has 0 aromatic heterocycles. The monoisotopic (exact) mass is 462 g/mol. The van der Waals surface area contributed by atoms with E-state index < -0.39 is 6.10 Å². The molecule has 1 unspecified atom stereocenters. The van der Waals surface area contributed by atoms with Crippen molar-refractivity contribution in [1.82, 2.24) is 0 Å². The third-order valence-corrected chi connectivity index (χ3v) is 3.76. The highest BCUT2D eigenvalue weighted by Crippen LogP contribution is 2.17. The number of isocyanates is 2. The van der Waals surface area contributed by atoms with Gasteiger partial charge in [0.05, 0.1) is 50.5 Å². The van der Waals surface area contributed by atoms with E-state index in [9.17, 15) is 9.59 Å². The normalized spacial score (nSPS) is 14.2. The third-order valence-electron chi connectivity index (χ3n) is 3.76. The minimum atomic E-state index is -0.954. The summed E-state index contributed by atoms with van der Waals surface area (Å²) in [7, 11) is 0. The maximum atomic E-state index is 10.1. The van der Waals surface area contributed by atoms with Crippen LogP contribution in [0.4, 0.5) is 11.4 Å². The number of benzene rings is 2. The van der Waals surface area contributed by atoms with Gasteiger partial charge in [0.15, 0.2) is 0 Å².